The van der Waals surface area contributed by atoms with Crippen LogP contribution in [-0.2, 0) is 4.79 Å². The minimum Gasteiger partial charge on any atom is -0.321 e. The van der Waals surface area contributed by atoms with Crippen LogP contribution in [0.3, 0.4) is 0 Å². The fourth-order valence-electron chi connectivity index (χ4n) is 3.39. The van der Waals surface area contributed by atoms with Gasteiger partial charge in [0.1, 0.15) is 11.5 Å². The predicted molar refractivity (Wildman–Crippen MR) is 145 cm³/mol. The van der Waals surface area contributed by atoms with Gasteiger partial charge in [0.15, 0.2) is 5.78 Å². The summed E-state index contributed by atoms with van der Waals surface area (Å²) in [6.07, 6.45) is 1.48. The van der Waals surface area contributed by atoms with E-state index in [4.69, 9.17) is 0 Å². The SMILES string of the molecule is O=C(Nc1cccc(SCC(=O)c2ccccc2)c1)/C(=C/c1ccc(F)cc1)NC(=O)c1ccccc1. The molecule has 0 aliphatic carbocycles. The average Bonchev–Trinajstić information content (AvgIpc) is 2.93. The Morgan fingerprint density at radius 1 is 0.757 bits per heavy atom. The molecule has 2 amide bonds. The summed E-state index contributed by atoms with van der Waals surface area (Å²) in [5.74, 6) is -1.14. The van der Waals surface area contributed by atoms with Crippen molar-refractivity contribution in [3.63, 3.8) is 0 Å². The zero-order chi connectivity index (χ0) is 26.0. The van der Waals surface area contributed by atoms with Gasteiger partial charge in [-0.2, -0.15) is 0 Å². The summed E-state index contributed by atoms with van der Waals surface area (Å²) in [6.45, 7) is 0. The Labute approximate surface area is 218 Å². The summed E-state index contributed by atoms with van der Waals surface area (Å²) in [7, 11) is 0. The number of amides is 2. The summed E-state index contributed by atoms with van der Waals surface area (Å²) in [4.78, 5) is 39.2. The Morgan fingerprint density at radius 2 is 1.41 bits per heavy atom. The van der Waals surface area contributed by atoms with Gasteiger partial charge < -0.3 is 10.6 Å². The van der Waals surface area contributed by atoms with Gasteiger partial charge >= 0.3 is 0 Å². The van der Waals surface area contributed by atoms with Gasteiger partial charge in [0.2, 0.25) is 0 Å². The summed E-state index contributed by atoms with van der Waals surface area (Å²) in [5.41, 5.74) is 2.08. The van der Waals surface area contributed by atoms with E-state index in [1.54, 1.807) is 60.7 Å². The third kappa shape index (κ3) is 7.49. The monoisotopic (exact) mass is 510 g/mol. The highest BCUT2D eigenvalue weighted by atomic mass is 32.2. The van der Waals surface area contributed by atoms with Crippen LogP contribution in [0.1, 0.15) is 26.3 Å². The highest BCUT2D eigenvalue weighted by Gasteiger charge is 2.15. The third-order valence-electron chi connectivity index (χ3n) is 5.27. The Hall–Kier alpha value is -4.49. The summed E-state index contributed by atoms with van der Waals surface area (Å²) >= 11 is 1.36. The van der Waals surface area contributed by atoms with Gasteiger partial charge in [-0.15, -0.1) is 11.8 Å². The smallest absolute Gasteiger partial charge is 0.272 e. The number of Topliss-reactive ketones (excluding diaryl/α,β-unsaturated/α-hetero) is 1. The van der Waals surface area contributed by atoms with Crippen LogP contribution in [0.4, 0.5) is 10.1 Å². The van der Waals surface area contributed by atoms with Gasteiger partial charge in [0, 0.05) is 21.7 Å². The van der Waals surface area contributed by atoms with Crippen LogP contribution < -0.4 is 10.6 Å². The number of rotatable bonds is 9. The molecule has 0 heterocycles. The summed E-state index contributed by atoms with van der Waals surface area (Å²) in [5, 5.41) is 5.45. The van der Waals surface area contributed by atoms with Crippen molar-refractivity contribution in [1.82, 2.24) is 5.32 Å². The Morgan fingerprint density at radius 3 is 2.08 bits per heavy atom. The summed E-state index contributed by atoms with van der Waals surface area (Å²) in [6, 6.07) is 30.3. The van der Waals surface area contributed by atoms with Crippen LogP contribution in [-0.4, -0.2) is 23.4 Å². The van der Waals surface area contributed by atoms with Gasteiger partial charge in [-0.1, -0.05) is 66.7 Å². The number of thioether (sulfide) groups is 1. The first-order valence-corrected chi connectivity index (χ1v) is 12.4. The number of nitrogens with one attached hydrogen (secondary N) is 2. The number of ketones is 1. The van der Waals surface area contributed by atoms with Crippen molar-refractivity contribution in [2.75, 3.05) is 11.1 Å². The molecular weight excluding hydrogens is 487 g/mol. The molecule has 0 atom stereocenters. The molecule has 0 unspecified atom stereocenters. The molecular formula is C30H23FN2O3S. The Kier molecular flexibility index (Phi) is 8.62. The van der Waals surface area contributed by atoms with Gasteiger partial charge in [-0.3, -0.25) is 14.4 Å². The van der Waals surface area contributed by atoms with Crippen LogP contribution in [0, 0.1) is 5.82 Å². The molecule has 0 radical (unpaired) electrons. The molecule has 7 heteroatoms. The molecule has 2 N–H and O–H groups in total. The minimum atomic E-state index is -0.545. The van der Waals surface area contributed by atoms with E-state index in [2.05, 4.69) is 10.6 Å². The molecule has 0 fully saturated rings. The van der Waals surface area contributed by atoms with Crippen LogP contribution in [0.25, 0.3) is 6.08 Å². The molecule has 4 rings (SSSR count). The van der Waals surface area contributed by atoms with Crippen LogP contribution in [0.5, 0.6) is 0 Å². The molecule has 0 aliphatic heterocycles. The summed E-state index contributed by atoms with van der Waals surface area (Å²) < 4.78 is 13.4. The first-order valence-electron chi connectivity index (χ1n) is 11.4. The molecule has 37 heavy (non-hydrogen) atoms. The minimum absolute atomic E-state index is 0.00206. The van der Waals surface area contributed by atoms with Crippen molar-refractivity contribution in [2.24, 2.45) is 0 Å². The van der Waals surface area contributed by atoms with E-state index in [1.165, 1.54) is 42.1 Å². The van der Waals surface area contributed by atoms with Crippen molar-refractivity contribution in [1.29, 1.82) is 0 Å². The van der Waals surface area contributed by atoms with Crippen molar-refractivity contribution in [3.8, 4) is 0 Å². The highest BCUT2D eigenvalue weighted by Crippen LogP contribution is 2.23. The number of hydrogen-bond acceptors (Lipinski definition) is 4. The molecule has 4 aromatic carbocycles. The topological polar surface area (TPSA) is 75.3 Å². The Balaban J connectivity index is 1.49. The molecule has 184 valence electrons. The average molecular weight is 511 g/mol. The zero-order valence-corrected chi connectivity index (χ0v) is 20.5. The second-order valence-corrected chi connectivity index (χ2v) is 9.04. The molecule has 0 saturated carbocycles. The number of anilines is 1. The second kappa shape index (κ2) is 12.5. The largest absolute Gasteiger partial charge is 0.321 e. The molecule has 5 nitrogen and oxygen atoms in total. The lowest BCUT2D eigenvalue weighted by molar-refractivity contribution is -0.113. The van der Waals surface area contributed by atoms with Gasteiger partial charge in [-0.05, 0) is 54.1 Å². The number of halogens is 1. The van der Waals surface area contributed by atoms with E-state index >= 15 is 0 Å². The maximum Gasteiger partial charge on any atom is 0.272 e. The van der Waals surface area contributed by atoms with Gasteiger partial charge in [-0.25, -0.2) is 4.39 Å². The van der Waals surface area contributed by atoms with Crippen LogP contribution >= 0.6 is 11.8 Å². The number of carbonyl (C=O) groups is 3. The van der Waals surface area contributed by atoms with E-state index in [-0.39, 0.29) is 17.2 Å². The number of hydrogen-bond donors (Lipinski definition) is 2. The normalized spacial score (nSPS) is 11.0. The second-order valence-electron chi connectivity index (χ2n) is 7.99. The maximum absolute atomic E-state index is 13.4. The lowest BCUT2D eigenvalue weighted by Gasteiger charge is -2.12. The van der Waals surface area contributed by atoms with E-state index in [0.29, 0.717) is 22.4 Å². The molecule has 4 aromatic rings. The van der Waals surface area contributed by atoms with E-state index in [1.807, 2.05) is 24.3 Å². The quantitative estimate of drug-likeness (QED) is 0.159. The van der Waals surface area contributed by atoms with Crippen molar-refractivity contribution < 1.29 is 18.8 Å². The first kappa shape index (κ1) is 25.6. The van der Waals surface area contributed by atoms with Crippen molar-refractivity contribution in [2.45, 2.75) is 4.90 Å². The fourth-order valence-corrected chi connectivity index (χ4v) is 4.24. The van der Waals surface area contributed by atoms with E-state index < -0.39 is 17.6 Å². The predicted octanol–water partition coefficient (Wildman–Crippen LogP) is 6.21. The highest BCUT2D eigenvalue weighted by molar-refractivity contribution is 8.00. The fraction of sp³-hybridized carbons (Fsp3) is 0.0333. The molecule has 0 bridgehead atoms. The van der Waals surface area contributed by atoms with Gasteiger partial charge in [0.25, 0.3) is 11.8 Å². The molecule has 0 aromatic heterocycles. The molecule has 0 aliphatic rings. The van der Waals surface area contributed by atoms with Crippen molar-refractivity contribution >= 4 is 41.1 Å². The van der Waals surface area contributed by atoms with Crippen LogP contribution in [0.15, 0.2) is 120 Å². The Bertz CT molecular complexity index is 1420. The number of benzene rings is 4. The lowest BCUT2D eigenvalue weighted by atomic mass is 10.1. The van der Waals surface area contributed by atoms with Gasteiger partial charge in [0.05, 0.1) is 5.75 Å². The van der Waals surface area contributed by atoms with E-state index in [0.717, 1.165) is 4.90 Å². The maximum atomic E-state index is 13.4. The molecule has 0 saturated heterocycles. The molecule has 0 spiro atoms. The number of carbonyl (C=O) groups excluding carboxylic acids is 3. The first-order chi connectivity index (χ1) is 18.0. The lowest BCUT2D eigenvalue weighted by Crippen LogP contribution is -2.30. The van der Waals surface area contributed by atoms with Crippen molar-refractivity contribution in [3.05, 3.63) is 137 Å². The van der Waals surface area contributed by atoms with E-state index in [9.17, 15) is 18.8 Å². The third-order valence-corrected chi connectivity index (χ3v) is 6.26. The van der Waals surface area contributed by atoms with Crippen LogP contribution in [0.2, 0.25) is 0 Å². The standard InChI is InChI=1S/C30H23FN2O3S/c31-24-16-14-21(15-17-24)18-27(33-29(35)23-10-5-2-6-11-23)30(36)32-25-12-7-13-26(19-25)37-20-28(34)22-8-3-1-4-9-22/h1-19H,20H2,(H,32,36)(H,33,35)/b27-18-. The zero-order valence-electron chi connectivity index (χ0n) is 19.7.